The van der Waals surface area contributed by atoms with Crippen LogP contribution in [-0.2, 0) is 6.42 Å². The summed E-state index contributed by atoms with van der Waals surface area (Å²) < 4.78 is 5.08. The standard InChI is InChI=1S/C12H20N2O/c13-14-12(8-10-6-7-15-9-10)11-4-2-1-3-5-11/h6-7,9,11-12,14H,1-5,8,13H2. The van der Waals surface area contributed by atoms with E-state index in [1.165, 1.54) is 37.7 Å². The van der Waals surface area contributed by atoms with Gasteiger partial charge in [0, 0.05) is 6.04 Å². The second-order valence-corrected chi connectivity index (χ2v) is 4.51. The molecule has 1 atom stereocenters. The van der Waals surface area contributed by atoms with Gasteiger partial charge in [0.2, 0.25) is 0 Å². The lowest BCUT2D eigenvalue weighted by Gasteiger charge is -2.29. The summed E-state index contributed by atoms with van der Waals surface area (Å²) in [6.07, 6.45) is 11.2. The Balaban J connectivity index is 1.91. The minimum Gasteiger partial charge on any atom is -0.472 e. The first-order valence-electron chi connectivity index (χ1n) is 5.87. The quantitative estimate of drug-likeness (QED) is 0.589. The highest BCUT2D eigenvalue weighted by atomic mass is 16.3. The van der Waals surface area contributed by atoms with Crippen molar-refractivity contribution in [2.24, 2.45) is 11.8 Å². The summed E-state index contributed by atoms with van der Waals surface area (Å²) in [5.74, 6) is 6.37. The van der Waals surface area contributed by atoms with Gasteiger partial charge in [0.1, 0.15) is 0 Å². The molecule has 1 aliphatic rings. The summed E-state index contributed by atoms with van der Waals surface area (Å²) in [4.78, 5) is 0. The average molecular weight is 208 g/mol. The Hall–Kier alpha value is -0.800. The van der Waals surface area contributed by atoms with Crippen molar-refractivity contribution < 1.29 is 4.42 Å². The molecule has 1 unspecified atom stereocenters. The van der Waals surface area contributed by atoms with E-state index in [1.807, 2.05) is 12.3 Å². The van der Waals surface area contributed by atoms with Crippen LogP contribution in [0.25, 0.3) is 0 Å². The molecule has 1 saturated carbocycles. The van der Waals surface area contributed by atoms with E-state index in [9.17, 15) is 0 Å². The largest absolute Gasteiger partial charge is 0.472 e. The van der Waals surface area contributed by atoms with E-state index in [-0.39, 0.29) is 0 Å². The third-order valence-corrected chi connectivity index (χ3v) is 3.47. The van der Waals surface area contributed by atoms with Crippen LogP contribution in [0.5, 0.6) is 0 Å². The highest BCUT2D eigenvalue weighted by molar-refractivity contribution is 5.07. The smallest absolute Gasteiger partial charge is 0.0935 e. The van der Waals surface area contributed by atoms with Crippen LogP contribution in [0.2, 0.25) is 0 Å². The summed E-state index contributed by atoms with van der Waals surface area (Å²) in [7, 11) is 0. The summed E-state index contributed by atoms with van der Waals surface area (Å²) >= 11 is 0. The zero-order valence-electron chi connectivity index (χ0n) is 9.11. The Morgan fingerprint density at radius 2 is 2.20 bits per heavy atom. The van der Waals surface area contributed by atoms with Gasteiger partial charge in [-0.3, -0.25) is 11.3 Å². The SMILES string of the molecule is NNC(Cc1ccoc1)C1CCCCC1. The molecule has 0 spiro atoms. The lowest BCUT2D eigenvalue weighted by molar-refractivity contribution is 0.268. The lowest BCUT2D eigenvalue weighted by Crippen LogP contribution is -2.43. The molecule has 15 heavy (non-hydrogen) atoms. The molecule has 1 fully saturated rings. The predicted octanol–water partition coefficient (Wildman–Crippen LogP) is 2.23. The Kier molecular flexibility index (Phi) is 3.80. The van der Waals surface area contributed by atoms with Crippen molar-refractivity contribution in [1.82, 2.24) is 5.43 Å². The van der Waals surface area contributed by atoms with Crippen LogP contribution in [0.15, 0.2) is 23.0 Å². The number of nitrogens with two attached hydrogens (primary N) is 1. The number of furan rings is 1. The van der Waals surface area contributed by atoms with Crippen LogP contribution < -0.4 is 11.3 Å². The number of hydrogen-bond acceptors (Lipinski definition) is 3. The summed E-state index contributed by atoms with van der Waals surface area (Å²) in [5, 5.41) is 0. The van der Waals surface area contributed by atoms with Crippen LogP contribution in [0.1, 0.15) is 37.7 Å². The maximum absolute atomic E-state index is 5.64. The third-order valence-electron chi connectivity index (χ3n) is 3.47. The van der Waals surface area contributed by atoms with E-state index in [0.717, 1.165) is 12.3 Å². The predicted molar refractivity (Wildman–Crippen MR) is 60.1 cm³/mol. The van der Waals surface area contributed by atoms with Gasteiger partial charge in [-0.2, -0.15) is 0 Å². The monoisotopic (exact) mass is 208 g/mol. The van der Waals surface area contributed by atoms with E-state index in [2.05, 4.69) is 5.43 Å². The normalized spacial score (nSPS) is 20.3. The number of hydrogen-bond donors (Lipinski definition) is 2. The van der Waals surface area contributed by atoms with Crippen molar-refractivity contribution in [3.05, 3.63) is 24.2 Å². The minimum absolute atomic E-state index is 0.405. The topological polar surface area (TPSA) is 51.2 Å². The molecule has 3 N–H and O–H groups in total. The summed E-state index contributed by atoms with van der Waals surface area (Å²) in [6, 6.07) is 2.43. The fraction of sp³-hybridized carbons (Fsp3) is 0.667. The second kappa shape index (κ2) is 5.33. The van der Waals surface area contributed by atoms with Gasteiger partial charge in [0.05, 0.1) is 12.5 Å². The first kappa shape index (κ1) is 10.7. The van der Waals surface area contributed by atoms with Crippen molar-refractivity contribution in [2.75, 3.05) is 0 Å². The van der Waals surface area contributed by atoms with E-state index >= 15 is 0 Å². The van der Waals surface area contributed by atoms with Crippen molar-refractivity contribution in [3.63, 3.8) is 0 Å². The molecule has 0 aliphatic heterocycles. The van der Waals surface area contributed by atoms with Crippen molar-refractivity contribution in [3.8, 4) is 0 Å². The van der Waals surface area contributed by atoms with E-state index in [4.69, 9.17) is 10.3 Å². The molecule has 1 aromatic rings. The Bertz CT molecular complexity index is 265. The van der Waals surface area contributed by atoms with Crippen molar-refractivity contribution >= 4 is 0 Å². The van der Waals surface area contributed by atoms with Crippen molar-refractivity contribution in [2.45, 2.75) is 44.6 Å². The van der Waals surface area contributed by atoms with Crippen LogP contribution in [0.3, 0.4) is 0 Å². The molecule has 0 amide bonds. The Labute approximate surface area is 91.0 Å². The number of nitrogens with one attached hydrogen (secondary N) is 1. The van der Waals surface area contributed by atoms with Gasteiger partial charge in [0.25, 0.3) is 0 Å². The molecule has 1 aromatic heterocycles. The van der Waals surface area contributed by atoms with Crippen LogP contribution in [0, 0.1) is 5.92 Å². The molecular weight excluding hydrogens is 188 g/mol. The Morgan fingerprint density at radius 3 is 2.80 bits per heavy atom. The van der Waals surface area contributed by atoms with Gasteiger partial charge < -0.3 is 4.42 Å². The van der Waals surface area contributed by atoms with Gasteiger partial charge in [-0.05, 0) is 36.8 Å². The third kappa shape index (κ3) is 2.83. The van der Waals surface area contributed by atoms with Crippen LogP contribution >= 0.6 is 0 Å². The highest BCUT2D eigenvalue weighted by Gasteiger charge is 2.22. The zero-order valence-corrected chi connectivity index (χ0v) is 9.11. The zero-order chi connectivity index (χ0) is 10.5. The summed E-state index contributed by atoms with van der Waals surface area (Å²) in [5.41, 5.74) is 4.21. The molecular formula is C12H20N2O. The first-order chi connectivity index (χ1) is 7.40. The van der Waals surface area contributed by atoms with Crippen LogP contribution in [0.4, 0.5) is 0 Å². The molecule has 0 aromatic carbocycles. The molecule has 0 saturated heterocycles. The number of hydrazine groups is 1. The lowest BCUT2D eigenvalue weighted by atomic mass is 9.82. The van der Waals surface area contributed by atoms with E-state index in [0.29, 0.717) is 6.04 Å². The molecule has 3 heteroatoms. The molecule has 2 rings (SSSR count). The van der Waals surface area contributed by atoms with E-state index in [1.54, 1.807) is 6.26 Å². The fourth-order valence-corrected chi connectivity index (χ4v) is 2.56. The fourth-order valence-electron chi connectivity index (χ4n) is 2.56. The molecule has 3 nitrogen and oxygen atoms in total. The number of rotatable bonds is 4. The Morgan fingerprint density at radius 1 is 1.40 bits per heavy atom. The van der Waals surface area contributed by atoms with Crippen molar-refractivity contribution in [1.29, 1.82) is 0 Å². The maximum Gasteiger partial charge on any atom is 0.0935 e. The minimum atomic E-state index is 0.405. The molecule has 1 aliphatic carbocycles. The maximum atomic E-state index is 5.64. The summed E-state index contributed by atoms with van der Waals surface area (Å²) in [6.45, 7) is 0. The molecule has 1 heterocycles. The van der Waals surface area contributed by atoms with Gasteiger partial charge in [-0.25, -0.2) is 0 Å². The van der Waals surface area contributed by atoms with Gasteiger partial charge in [0.15, 0.2) is 0 Å². The van der Waals surface area contributed by atoms with Gasteiger partial charge in [-0.1, -0.05) is 19.3 Å². The molecule has 84 valence electrons. The second-order valence-electron chi connectivity index (χ2n) is 4.51. The molecule has 0 radical (unpaired) electrons. The molecule has 0 bridgehead atoms. The van der Waals surface area contributed by atoms with E-state index < -0.39 is 0 Å². The average Bonchev–Trinajstić information content (AvgIpc) is 2.80. The van der Waals surface area contributed by atoms with Gasteiger partial charge >= 0.3 is 0 Å². The van der Waals surface area contributed by atoms with Crippen LogP contribution in [-0.4, -0.2) is 6.04 Å². The first-order valence-corrected chi connectivity index (χ1v) is 5.87. The van der Waals surface area contributed by atoms with Gasteiger partial charge in [-0.15, -0.1) is 0 Å². The highest BCUT2D eigenvalue weighted by Crippen LogP contribution is 2.27.